The highest BCUT2D eigenvalue weighted by atomic mass is 35.5. The number of carbonyl (C=O) groups excluding carboxylic acids is 1. The van der Waals surface area contributed by atoms with Gasteiger partial charge in [-0.2, -0.15) is 5.26 Å². The molecule has 0 spiro atoms. The highest BCUT2D eigenvalue weighted by Gasteiger charge is 2.44. The number of piperidine rings is 1. The summed E-state index contributed by atoms with van der Waals surface area (Å²) in [6.07, 6.45) is 3.71. The Morgan fingerprint density at radius 2 is 1.74 bits per heavy atom. The standard InChI is InChI=1S/C28H24Cl2N2O2S/c29-26-11-10-25(15-27(26)30)35-17-18-4-6-20(7-5-18)28(33)32-21-8-9-22(32)14-24(13-21)34-23-3-1-2-19(12-23)16-31/h1-7,10-12,15,21-22,24H,8-9,13-14,17H2/t21-,22+,24?. The molecule has 35 heavy (non-hydrogen) atoms. The zero-order chi connectivity index (χ0) is 24.4. The molecule has 2 aliphatic rings. The second-order valence-corrected chi connectivity index (χ2v) is 10.9. The van der Waals surface area contributed by atoms with Crippen LogP contribution in [0.1, 0.15) is 47.2 Å². The number of hydrogen-bond donors (Lipinski definition) is 0. The lowest BCUT2D eigenvalue weighted by Crippen LogP contribution is -2.49. The molecule has 4 nitrogen and oxygen atoms in total. The predicted octanol–water partition coefficient (Wildman–Crippen LogP) is 7.37. The van der Waals surface area contributed by atoms with E-state index in [1.165, 1.54) is 0 Å². The molecule has 0 aromatic heterocycles. The van der Waals surface area contributed by atoms with Gasteiger partial charge >= 0.3 is 0 Å². The molecule has 0 radical (unpaired) electrons. The number of rotatable bonds is 6. The van der Waals surface area contributed by atoms with Crippen molar-refractivity contribution >= 4 is 40.9 Å². The van der Waals surface area contributed by atoms with Crippen LogP contribution in [0.2, 0.25) is 10.0 Å². The van der Waals surface area contributed by atoms with Crippen molar-refractivity contribution < 1.29 is 9.53 Å². The van der Waals surface area contributed by atoms with E-state index in [9.17, 15) is 4.79 Å². The molecule has 178 valence electrons. The van der Waals surface area contributed by atoms with Gasteiger partial charge in [0.1, 0.15) is 11.9 Å². The van der Waals surface area contributed by atoms with Crippen molar-refractivity contribution in [3.63, 3.8) is 0 Å². The van der Waals surface area contributed by atoms with E-state index < -0.39 is 0 Å². The summed E-state index contributed by atoms with van der Waals surface area (Å²) in [7, 11) is 0. The van der Waals surface area contributed by atoms with Gasteiger partial charge in [-0.15, -0.1) is 11.8 Å². The van der Waals surface area contributed by atoms with Gasteiger partial charge in [-0.3, -0.25) is 4.79 Å². The lowest BCUT2D eigenvalue weighted by molar-refractivity contribution is 0.0359. The Kier molecular flexibility index (Phi) is 7.24. The van der Waals surface area contributed by atoms with Crippen LogP contribution in [0.3, 0.4) is 0 Å². The summed E-state index contributed by atoms with van der Waals surface area (Å²) in [5, 5.41) is 10.2. The summed E-state index contributed by atoms with van der Waals surface area (Å²) in [4.78, 5) is 16.5. The Morgan fingerprint density at radius 1 is 1.00 bits per heavy atom. The van der Waals surface area contributed by atoms with Gasteiger partial charge < -0.3 is 9.64 Å². The minimum absolute atomic E-state index is 0.0614. The molecular weight excluding hydrogens is 499 g/mol. The molecule has 0 saturated carbocycles. The van der Waals surface area contributed by atoms with E-state index in [0.29, 0.717) is 15.6 Å². The van der Waals surface area contributed by atoms with Crippen LogP contribution in [0.25, 0.3) is 0 Å². The molecule has 2 aliphatic heterocycles. The molecule has 2 bridgehead atoms. The Balaban J connectivity index is 1.19. The molecule has 0 N–H and O–H groups in total. The summed E-state index contributed by atoms with van der Waals surface area (Å²) in [6, 6.07) is 23.4. The molecular formula is C28H24Cl2N2O2S. The van der Waals surface area contributed by atoms with Gasteiger partial charge in [0, 0.05) is 41.1 Å². The Labute approximate surface area is 219 Å². The van der Waals surface area contributed by atoms with E-state index in [-0.39, 0.29) is 24.1 Å². The molecule has 3 aromatic carbocycles. The molecule has 3 aromatic rings. The van der Waals surface area contributed by atoms with Crippen LogP contribution in [0.5, 0.6) is 5.75 Å². The summed E-state index contributed by atoms with van der Waals surface area (Å²) >= 11 is 13.8. The van der Waals surface area contributed by atoms with E-state index in [0.717, 1.165) is 53.2 Å². The van der Waals surface area contributed by atoms with E-state index in [4.69, 9.17) is 33.2 Å². The van der Waals surface area contributed by atoms with Gasteiger partial charge in [0.25, 0.3) is 5.91 Å². The number of benzene rings is 3. The number of halogens is 2. The van der Waals surface area contributed by atoms with Crippen molar-refractivity contribution in [2.24, 2.45) is 0 Å². The number of nitriles is 1. The fourth-order valence-electron chi connectivity index (χ4n) is 5.01. The van der Waals surface area contributed by atoms with E-state index in [2.05, 4.69) is 11.0 Å². The normalized spacial score (nSPS) is 20.9. The van der Waals surface area contributed by atoms with Crippen molar-refractivity contribution in [3.8, 4) is 11.8 Å². The van der Waals surface area contributed by atoms with Crippen molar-refractivity contribution in [1.29, 1.82) is 5.26 Å². The van der Waals surface area contributed by atoms with Crippen LogP contribution in [0.4, 0.5) is 0 Å². The minimum atomic E-state index is 0.0614. The molecule has 2 saturated heterocycles. The van der Waals surface area contributed by atoms with Crippen LogP contribution in [0.15, 0.2) is 71.6 Å². The van der Waals surface area contributed by atoms with E-state index >= 15 is 0 Å². The number of thioether (sulfide) groups is 1. The summed E-state index contributed by atoms with van der Waals surface area (Å²) in [5.41, 5.74) is 2.47. The number of ether oxygens (including phenoxy) is 1. The highest BCUT2D eigenvalue weighted by molar-refractivity contribution is 7.98. The van der Waals surface area contributed by atoms with Crippen molar-refractivity contribution in [1.82, 2.24) is 4.90 Å². The van der Waals surface area contributed by atoms with Crippen LogP contribution in [-0.4, -0.2) is 29.0 Å². The van der Waals surface area contributed by atoms with Gasteiger partial charge in [0.05, 0.1) is 21.7 Å². The third-order valence-corrected chi connectivity index (χ3v) is 8.49. The number of fused-ring (bicyclic) bond motifs is 2. The van der Waals surface area contributed by atoms with Gasteiger partial charge in [0.2, 0.25) is 0 Å². The number of carbonyl (C=O) groups is 1. The van der Waals surface area contributed by atoms with Crippen molar-refractivity contribution in [2.45, 2.75) is 54.5 Å². The summed E-state index contributed by atoms with van der Waals surface area (Å²) in [5.74, 6) is 1.61. The molecule has 1 unspecified atom stereocenters. The molecule has 7 heteroatoms. The number of nitrogens with zero attached hydrogens (tertiary/aromatic N) is 2. The molecule has 3 atom stereocenters. The van der Waals surface area contributed by atoms with Crippen LogP contribution >= 0.6 is 35.0 Å². The first-order valence-electron chi connectivity index (χ1n) is 11.7. The fourth-order valence-corrected chi connectivity index (χ4v) is 6.27. The van der Waals surface area contributed by atoms with Gasteiger partial charge in [-0.05, 0) is 66.9 Å². The zero-order valence-electron chi connectivity index (χ0n) is 19.0. The lowest BCUT2D eigenvalue weighted by Gasteiger charge is -2.39. The lowest BCUT2D eigenvalue weighted by atomic mass is 9.98. The predicted molar refractivity (Wildman–Crippen MR) is 140 cm³/mol. The van der Waals surface area contributed by atoms with Crippen LogP contribution < -0.4 is 4.74 Å². The first kappa shape index (κ1) is 24.1. The van der Waals surface area contributed by atoms with Crippen molar-refractivity contribution in [2.75, 3.05) is 0 Å². The number of amides is 1. The van der Waals surface area contributed by atoms with Crippen LogP contribution in [-0.2, 0) is 5.75 Å². The first-order chi connectivity index (χ1) is 17.0. The quantitative estimate of drug-likeness (QED) is 0.317. The average Bonchev–Trinajstić information content (AvgIpc) is 3.14. The molecule has 0 aliphatic carbocycles. The second-order valence-electron chi connectivity index (χ2n) is 9.01. The Morgan fingerprint density at radius 3 is 2.43 bits per heavy atom. The first-order valence-corrected chi connectivity index (χ1v) is 13.4. The summed E-state index contributed by atoms with van der Waals surface area (Å²) in [6.45, 7) is 0. The maximum atomic E-state index is 13.4. The third kappa shape index (κ3) is 5.46. The Hall–Kier alpha value is -2.65. The van der Waals surface area contributed by atoms with E-state index in [1.807, 2.05) is 48.5 Å². The van der Waals surface area contributed by atoms with Gasteiger partial charge in [-0.25, -0.2) is 0 Å². The maximum Gasteiger partial charge on any atom is 0.254 e. The maximum absolute atomic E-state index is 13.4. The number of hydrogen-bond acceptors (Lipinski definition) is 4. The molecule has 2 fully saturated rings. The monoisotopic (exact) mass is 522 g/mol. The minimum Gasteiger partial charge on any atom is -0.490 e. The van der Waals surface area contributed by atoms with E-state index in [1.54, 1.807) is 30.0 Å². The molecule has 1 amide bonds. The smallest absolute Gasteiger partial charge is 0.254 e. The molecule has 2 heterocycles. The summed E-state index contributed by atoms with van der Waals surface area (Å²) < 4.78 is 6.20. The molecule has 5 rings (SSSR count). The zero-order valence-corrected chi connectivity index (χ0v) is 21.3. The highest BCUT2D eigenvalue weighted by Crippen LogP contribution is 2.38. The SMILES string of the molecule is N#Cc1cccc(OC2C[C@H]3CC[C@@H](C2)N3C(=O)c2ccc(CSc3ccc(Cl)c(Cl)c3)cc2)c1. The fraction of sp³-hybridized carbons (Fsp3) is 0.286. The average molecular weight is 523 g/mol. The van der Waals surface area contributed by atoms with Gasteiger partial charge in [0.15, 0.2) is 0 Å². The third-order valence-electron chi connectivity index (χ3n) is 6.69. The second kappa shape index (κ2) is 10.5. The van der Waals surface area contributed by atoms with Crippen LogP contribution in [0, 0.1) is 11.3 Å². The Bertz CT molecular complexity index is 1260. The van der Waals surface area contributed by atoms with Crippen molar-refractivity contribution in [3.05, 3.63) is 93.5 Å². The topological polar surface area (TPSA) is 53.3 Å². The largest absolute Gasteiger partial charge is 0.490 e. The van der Waals surface area contributed by atoms with Gasteiger partial charge in [-0.1, -0.05) is 41.4 Å².